The van der Waals surface area contributed by atoms with Gasteiger partial charge in [0.2, 0.25) is 0 Å². The molecule has 1 fully saturated rings. The first-order valence-electron chi connectivity index (χ1n) is 4.43. The van der Waals surface area contributed by atoms with E-state index in [1.54, 1.807) is 0 Å². The van der Waals surface area contributed by atoms with Gasteiger partial charge in [0, 0.05) is 11.0 Å². The van der Waals surface area contributed by atoms with Crippen molar-refractivity contribution >= 4 is 28.3 Å². The lowest BCUT2D eigenvalue weighted by atomic mass is 10.1. The van der Waals surface area contributed by atoms with Crippen LogP contribution in [0.1, 0.15) is 11.6 Å². The van der Waals surface area contributed by atoms with Crippen molar-refractivity contribution in [1.29, 1.82) is 0 Å². The van der Waals surface area contributed by atoms with Gasteiger partial charge in [0.25, 0.3) is 0 Å². The molecule has 1 aliphatic rings. The Bertz CT molecular complexity index is 289. The van der Waals surface area contributed by atoms with Gasteiger partial charge < -0.3 is 10.1 Å². The highest BCUT2D eigenvalue weighted by Crippen LogP contribution is 2.24. The minimum absolute atomic E-state index is 0. The molecule has 1 aromatic rings. The standard InChI is InChI=1S/C10H12BrNO.ClH/c11-9-4-2-1-3-8(9)10-7-13-6-5-12-10;/h1-4,10,12H,5-7H2;1H/t10-;/m1./s1. The van der Waals surface area contributed by atoms with Crippen LogP contribution in [0.15, 0.2) is 28.7 Å². The van der Waals surface area contributed by atoms with Gasteiger partial charge >= 0.3 is 0 Å². The second kappa shape index (κ2) is 5.71. The van der Waals surface area contributed by atoms with E-state index in [2.05, 4.69) is 39.4 Å². The Balaban J connectivity index is 0.000000980. The second-order valence-electron chi connectivity index (χ2n) is 3.10. The summed E-state index contributed by atoms with van der Waals surface area (Å²) in [6.45, 7) is 2.52. The number of halogens is 2. The highest BCUT2D eigenvalue weighted by Gasteiger charge is 2.16. The molecule has 14 heavy (non-hydrogen) atoms. The van der Waals surface area contributed by atoms with E-state index in [1.807, 2.05) is 6.07 Å². The molecular formula is C10H13BrClNO. The predicted octanol–water partition coefficient (Wildman–Crippen LogP) is 2.53. The Morgan fingerprint density at radius 2 is 2.14 bits per heavy atom. The Morgan fingerprint density at radius 3 is 2.79 bits per heavy atom. The maximum absolute atomic E-state index is 5.41. The minimum Gasteiger partial charge on any atom is -0.378 e. The summed E-state index contributed by atoms with van der Waals surface area (Å²) in [6.07, 6.45) is 0. The molecule has 0 aliphatic carbocycles. The van der Waals surface area contributed by atoms with Gasteiger partial charge in [-0.25, -0.2) is 0 Å². The SMILES string of the molecule is Brc1ccccc1[C@H]1COCCN1.Cl. The quantitative estimate of drug-likeness (QED) is 0.852. The van der Waals surface area contributed by atoms with E-state index in [0.717, 1.165) is 24.2 Å². The number of ether oxygens (including phenoxy) is 1. The van der Waals surface area contributed by atoms with Crippen LogP contribution in [0.4, 0.5) is 0 Å². The van der Waals surface area contributed by atoms with E-state index in [1.165, 1.54) is 5.56 Å². The molecule has 0 bridgehead atoms. The second-order valence-corrected chi connectivity index (χ2v) is 3.96. The molecule has 0 radical (unpaired) electrons. The summed E-state index contributed by atoms with van der Waals surface area (Å²) in [7, 11) is 0. The minimum atomic E-state index is 0. The van der Waals surface area contributed by atoms with Crippen LogP contribution in [0.5, 0.6) is 0 Å². The van der Waals surface area contributed by atoms with E-state index in [9.17, 15) is 0 Å². The molecule has 0 aromatic heterocycles. The zero-order valence-electron chi connectivity index (χ0n) is 7.70. The van der Waals surface area contributed by atoms with Crippen molar-refractivity contribution in [2.24, 2.45) is 0 Å². The van der Waals surface area contributed by atoms with Crippen LogP contribution in [0.25, 0.3) is 0 Å². The van der Waals surface area contributed by atoms with Crippen molar-refractivity contribution in [2.45, 2.75) is 6.04 Å². The third kappa shape index (κ3) is 2.70. The van der Waals surface area contributed by atoms with E-state index in [4.69, 9.17) is 4.74 Å². The Hall–Kier alpha value is -0.0900. The molecule has 1 heterocycles. The fraction of sp³-hybridized carbons (Fsp3) is 0.400. The maximum Gasteiger partial charge on any atom is 0.0662 e. The van der Waals surface area contributed by atoms with Gasteiger partial charge in [0.05, 0.1) is 19.3 Å². The van der Waals surface area contributed by atoms with E-state index in [-0.39, 0.29) is 12.4 Å². The van der Waals surface area contributed by atoms with Gasteiger partial charge in [-0.05, 0) is 11.6 Å². The first-order chi connectivity index (χ1) is 6.38. The fourth-order valence-electron chi connectivity index (χ4n) is 1.52. The normalized spacial score (nSPS) is 21.4. The van der Waals surface area contributed by atoms with Crippen LogP contribution in [-0.4, -0.2) is 19.8 Å². The lowest BCUT2D eigenvalue weighted by Crippen LogP contribution is -2.34. The molecule has 0 amide bonds. The zero-order valence-corrected chi connectivity index (χ0v) is 10.1. The topological polar surface area (TPSA) is 21.3 Å². The number of hydrogen-bond acceptors (Lipinski definition) is 2. The molecule has 1 N–H and O–H groups in total. The Labute approximate surface area is 98.6 Å². The van der Waals surface area contributed by atoms with Crippen LogP contribution >= 0.6 is 28.3 Å². The van der Waals surface area contributed by atoms with E-state index in [0.29, 0.717) is 6.04 Å². The highest BCUT2D eigenvalue weighted by atomic mass is 79.9. The smallest absolute Gasteiger partial charge is 0.0662 e. The van der Waals surface area contributed by atoms with Gasteiger partial charge in [-0.3, -0.25) is 0 Å². The Morgan fingerprint density at radius 1 is 1.36 bits per heavy atom. The third-order valence-corrected chi connectivity index (χ3v) is 2.92. The molecular weight excluding hydrogens is 265 g/mol. The monoisotopic (exact) mass is 277 g/mol. The Kier molecular flexibility index (Phi) is 4.89. The summed E-state index contributed by atoms with van der Waals surface area (Å²) in [5.41, 5.74) is 1.28. The van der Waals surface area contributed by atoms with Crippen LogP contribution in [0, 0.1) is 0 Å². The van der Waals surface area contributed by atoms with Crippen LogP contribution in [-0.2, 0) is 4.74 Å². The van der Waals surface area contributed by atoms with Crippen molar-refractivity contribution in [1.82, 2.24) is 5.32 Å². The van der Waals surface area contributed by atoms with Gasteiger partial charge in [0.1, 0.15) is 0 Å². The summed E-state index contributed by atoms with van der Waals surface area (Å²) in [6, 6.07) is 8.60. The summed E-state index contributed by atoms with van der Waals surface area (Å²) in [5, 5.41) is 3.42. The third-order valence-electron chi connectivity index (χ3n) is 2.20. The molecule has 0 saturated carbocycles. The molecule has 1 saturated heterocycles. The number of hydrogen-bond donors (Lipinski definition) is 1. The van der Waals surface area contributed by atoms with E-state index < -0.39 is 0 Å². The summed E-state index contributed by atoms with van der Waals surface area (Å²) >= 11 is 3.54. The first-order valence-corrected chi connectivity index (χ1v) is 5.23. The summed E-state index contributed by atoms with van der Waals surface area (Å²) in [5.74, 6) is 0. The van der Waals surface area contributed by atoms with Crippen molar-refractivity contribution in [3.8, 4) is 0 Å². The molecule has 1 aromatic carbocycles. The summed E-state index contributed by atoms with van der Waals surface area (Å²) in [4.78, 5) is 0. The zero-order chi connectivity index (χ0) is 9.10. The summed E-state index contributed by atoms with van der Waals surface area (Å²) < 4.78 is 6.56. The molecule has 1 atom stereocenters. The number of rotatable bonds is 1. The van der Waals surface area contributed by atoms with Gasteiger partial charge in [0.15, 0.2) is 0 Å². The highest BCUT2D eigenvalue weighted by molar-refractivity contribution is 9.10. The van der Waals surface area contributed by atoms with Gasteiger partial charge in [-0.15, -0.1) is 12.4 Å². The maximum atomic E-state index is 5.41. The molecule has 78 valence electrons. The fourth-order valence-corrected chi connectivity index (χ4v) is 2.08. The molecule has 2 rings (SSSR count). The number of nitrogens with one attached hydrogen (secondary N) is 1. The lowest BCUT2D eigenvalue weighted by Gasteiger charge is -2.24. The molecule has 0 unspecified atom stereocenters. The predicted molar refractivity (Wildman–Crippen MR) is 63.0 cm³/mol. The molecule has 2 nitrogen and oxygen atoms in total. The first kappa shape index (κ1) is 12.0. The molecule has 4 heteroatoms. The van der Waals surface area contributed by atoms with Crippen molar-refractivity contribution in [3.63, 3.8) is 0 Å². The average Bonchev–Trinajstić information content (AvgIpc) is 2.20. The van der Waals surface area contributed by atoms with Crippen molar-refractivity contribution in [2.75, 3.05) is 19.8 Å². The lowest BCUT2D eigenvalue weighted by molar-refractivity contribution is 0.0767. The van der Waals surface area contributed by atoms with Crippen LogP contribution in [0.2, 0.25) is 0 Å². The number of benzene rings is 1. The number of morpholine rings is 1. The molecule has 1 aliphatic heterocycles. The average molecular weight is 279 g/mol. The van der Waals surface area contributed by atoms with Crippen molar-refractivity contribution < 1.29 is 4.74 Å². The largest absolute Gasteiger partial charge is 0.378 e. The van der Waals surface area contributed by atoms with Crippen LogP contribution in [0.3, 0.4) is 0 Å². The molecule has 0 spiro atoms. The van der Waals surface area contributed by atoms with Crippen molar-refractivity contribution in [3.05, 3.63) is 34.3 Å². The van der Waals surface area contributed by atoms with E-state index >= 15 is 0 Å². The van der Waals surface area contributed by atoms with Gasteiger partial charge in [-0.1, -0.05) is 34.1 Å². The van der Waals surface area contributed by atoms with Gasteiger partial charge in [-0.2, -0.15) is 0 Å². The van der Waals surface area contributed by atoms with Crippen LogP contribution < -0.4 is 5.32 Å².